The van der Waals surface area contributed by atoms with E-state index < -0.39 is 5.54 Å². The molecule has 0 unspecified atom stereocenters. The molecular weight excluding hydrogens is 240 g/mol. The van der Waals surface area contributed by atoms with Crippen molar-refractivity contribution in [1.29, 1.82) is 0 Å². The molecule has 104 valence electrons. The van der Waals surface area contributed by atoms with Crippen LogP contribution >= 0.6 is 0 Å². The van der Waals surface area contributed by atoms with E-state index in [0.29, 0.717) is 13.2 Å². The number of aromatic nitrogens is 1. The third-order valence-corrected chi connectivity index (χ3v) is 2.30. The standard InChI is InChI=1S/C14H22N4O/c1-14(2,15)6-5-11-10-18-13(16-3)9-12(11)17-7-8-19-4/h9-10H,7-8,15H2,1-4H3,(H2,16,17,18). The average molecular weight is 262 g/mol. The van der Waals surface area contributed by atoms with E-state index >= 15 is 0 Å². The average Bonchev–Trinajstić information content (AvgIpc) is 2.36. The van der Waals surface area contributed by atoms with Gasteiger partial charge in [-0.05, 0) is 13.8 Å². The summed E-state index contributed by atoms with van der Waals surface area (Å²) in [5.41, 5.74) is 7.09. The molecule has 5 nitrogen and oxygen atoms in total. The molecule has 1 heterocycles. The van der Waals surface area contributed by atoms with Gasteiger partial charge in [-0.1, -0.05) is 11.8 Å². The van der Waals surface area contributed by atoms with Crippen molar-refractivity contribution in [2.45, 2.75) is 19.4 Å². The summed E-state index contributed by atoms with van der Waals surface area (Å²) in [6.07, 6.45) is 1.74. The lowest BCUT2D eigenvalue weighted by atomic mass is 10.1. The lowest BCUT2D eigenvalue weighted by Gasteiger charge is -2.11. The highest BCUT2D eigenvalue weighted by molar-refractivity contribution is 5.63. The molecule has 1 aromatic heterocycles. The molecule has 0 bridgehead atoms. The fraction of sp³-hybridized carbons (Fsp3) is 0.500. The number of hydrogen-bond acceptors (Lipinski definition) is 5. The molecule has 0 saturated heterocycles. The van der Waals surface area contributed by atoms with Gasteiger partial charge in [0.25, 0.3) is 0 Å². The van der Waals surface area contributed by atoms with Crippen LogP contribution in [-0.2, 0) is 4.74 Å². The van der Waals surface area contributed by atoms with Crippen LogP contribution in [0.25, 0.3) is 0 Å². The van der Waals surface area contributed by atoms with E-state index in [-0.39, 0.29) is 0 Å². The molecule has 0 aromatic carbocycles. The van der Waals surface area contributed by atoms with E-state index in [1.165, 1.54) is 0 Å². The highest BCUT2D eigenvalue weighted by Gasteiger charge is 2.06. The predicted molar refractivity (Wildman–Crippen MR) is 79.3 cm³/mol. The Balaban J connectivity index is 2.97. The summed E-state index contributed by atoms with van der Waals surface area (Å²) in [5, 5.41) is 6.28. The second kappa shape index (κ2) is 6.98. The van der Waals surface area contributed by atoms with Gasteiger partial charge >= 0.3 is 0 Å². The van der Waals surface area contributed by atoms with E-state index in [1.807, 2.05) is 27.0 Å². The van der Waals surface area contributed by atoms with Gasteiger partial charge in [-0.15, -0.1) is 0 Å². The second-order valence-corrected chi connectivity index (χ2v) is 4.76. The van der Waals surface area contributed by atoms with E-state index in [0.717, 1.165) is 17.1 Å². The number of anilines is 2. The molecule has 0 aliphatic carbocycles. The summed E-state index contributed by atoms with van der Waals surface area (Å²) in [6.45, 7) is 5.08. The van der Waals surface area contributed by atoms with Crippen LogP contribution in [0, 0.1) is 11.8 Å². The maximum Gasteiger partial charge on any atom is 0.127 e. The van der Waals surface area contributed by atoms with Crippen LogP contribution in [0.15, 0.2) is 12.3 Å². The maximum atomic E-state index is 5.86. The van der Waals surface area contributed by atoms with Gasteiger partial charge in [-0.3, -0.25) is 0 Å². The zero-order valence-corrected chi connectivity index (χ0v) is 12.0. The first-order chi connectivity index (χ1) is 8.96. The lowest BCUT2D eigenvalue weighted by molar-refractivity contribution is 0.211. The highest BCUT2D eigenvalue weighted by atomic mass is 16.5. The maximum absolute atomic E-state index is 5.86. The molecule has 4 N–H and O–H groups in total. The molecule has 0 atom stereocenters. The van der Waals surface area contributed by atoms with Gasteiger partial charge in [-0.2, -0.15) is 0 Å². The van der Waals surface area contributed by atoms with E-state index in [9.17, 15) is 0 Å². The molecule has 0 fully saturated rings. The van der Waals surface area contributed by atoms with Crippen molar-refractivity contribution in [2.24, 2.45) is 5.73 Å². The Bertz CT molecular complexity index is 469. The number of methoxy groups -OCH3 is 1. The Morgan fingerprint density at radius 3 is 2.79 bits per heavy atom. The number of pyridine rings is 1. The fourth-order valence-corrected chi connectivity index (χ4v) is 1.35. The van der Waals surface area contributed by atoms with Crippen LogP contribution in [0.4, 0.5) is 11.5 Å². The highest BCUT2D eigenvalue weighted by Crippen LogP contribution is 2.17. The first kappa shape index (κ1) is 15.3. The zero-order valence-electron chi connectivity index (χ0n) is 12.0. The van der Waals surface area contributed by atoms with Crippen molar-refractivity contribution in [1.82, 2.24) is 4.98 Å². The minimum atomic E-state index is -0.522. The van der Waals surface area contributed by atoms with Gasteiger partial charge in [0, 0.05) is 33.0 Å². The van der Waals surface area contributed by atoms with Crippen LogP contribution in [0.3, 0.4) is 0 Å². The molecule has 0 aliphatic heterocycles. The van der Waals surface area contributed by atoms with Crippen molar-refractivity contribution in [2.75, 3.05) is 37.9 Å². The van der Waals surface area contributed by atoms with Crippen molar-refractivity contribution in [3.05, 3.63) is 17.8 Å². The first-order valence-electron chi connectivity index (χ1n) is 6.19. The zero-order chi connectivity index (χ0) is 14.3. The summed E-state index contributed by atoms with van der Waals surface area (Å²) in [4.78, 5) is 4.26. The predicted octanol–water partition coefficient (Wildman–Crippen LogP) is 1.27. The van der Waals surface area contributed by atoms with Gasteiger partial charge in [0.05, 0.1) is 23.4 Å². The molecular formula is C14H22N4O. The monoisotopic (exact) mass is 262 g/mol. The summed E-state index contributed by atoms with van der Waals surface area (Å²) < 4.78 is 5.02. The third kappa shape index (κ3) is 5.60. The molecule has 19 heavy (non-hydrogen) atoms. The van der Waals surface area contributed by atoms with Crippen LogP contribution < -0.4 is 16.4 Å². The second-order valence-electron chi connectivity index (χ2n) is 4.76. The lowest BCUT2D eigenvalue weighted by Crippen LogP contribution is -2.29. The fourth-order valence-electron chi connectivity index (χ4n) is 1.35. The number of rotatable bonds is 5. The Morgan fingerprint density at radius 1 is 1.47 bits per heavy atom. The SMILES string of the molecule is CNc1cc(NCCOC)c(C#CC(C)(C)N)cn1. The normalized spacial score (nSPS) is 10.6. The summed E-state index contributed by atoms with van der Waals surface area (Å²) in [7, 11) is 3.50. The van der Waals surface area contributed by atoms with Crippen LogP contribution in [0.2, 0.25) is 0 Å². The van der Waals surface area contributed by atoms with Crippen LogP contribution in [-0.4, -0.2) is 37.8 Å². The van der Waals surface area contributed by atoms with Gasteiger partial charge < -0.3 is 21.1 Å². The topological polar surface area (TPSA) is 72.2 Å². The van der Waals surface area contributed by atoms with Crippen molar-refractivity contribution in [3.63, 3.8) is 0 Å². The van der Waals surface area contributed by atoms with Crippen molar-refractivity contribution in [3.8, 4) is 11.8 Å². The van der Waals surface area contributed by atoms with Crippen molar-refractivity contribution >= 4 is 11.5 Å². The quantitative estimate of drug-likeness (QED) is 0.550. The van der Waals surface area contributed by atoms with E-state index in [1.54, 1.807) is 13.3 Å². The minimum Gasteiger partial charge on any atom is -0.383 e. The van der Waals surface area contributed by atoms with Gasteiger partial charge in [-0.25, -0.2) is 4.98 Å². The molecule has 1 aromatic rings. The summed E-state index contributed by atoms with van der Waals surface area (Å²) in [5.74, 6) is 6.85. The largest absolute Gasteiger partial charge is 0.383 e. The molecule has 0 spiro atoms. The minimum absolute atomic E-state index is 0.522. The van der Waals surface area contributed by atoms with E-state index in [2.05, 4.69) is 27.5 Å². The molecule has 0 amide bonds. The van der Waals surface area contributed by atoms with Crippen LogP contribution in [0.1, 0.15) is 19.4 Å². The number of ether oxygens (including phenoxy) is 1. The Kier molecular flexibility index (Phi) is 5.61. The Morgan fingerprint density at radius 2 is 2.21 bits per heavy atom. The van der Waals surface area contributed by atoms with E-state index in [4.69, 9.17) is 10.5 Å². The molecule has 0 saturated carbocycles. The van der Waals surface area contributed by atoms with Gasteiger partial charge in [0.1, 0.15) is 5.82 Å². The Hall–Kier alpha value is -1.77. The number of nitrogens with zero attached hydrogens (tertiary/aromatic N) is 1. The first-order valence-corrected chi connectivity index (χ1v) is 6.19. The summed E-state index contributed by atoms with van der Waals surface area (Å²) in [6, 6.07) is 1.92. The molecule has 5 heteroatoms. The molecule has 0 aliphatic rings. The number of nitrogens with two attached hydrogens (primary N) is 1. The van der Waals surface area contributed by atoms with Crippen LogP contribution in [0.5, 0.6) is 0 Å². The van der Waals surface area contributed by atoms with Gasteiger partial charge in [0.15, 0.2) is 0 Å². The number of hydrogen-bond donors (Lipinski definition) is 3. The Labute approximate surface area is 114 Å². The van der Waals surface area contributed by atoms with Crippen molar-refractivity contribution < 1.29 is 4.74 Å². The third-order valence-electron chi connectivity index (χ3n) is 2.30. The van der Waals surface area contributed by atoms with Gasteiger partial charge in [0.2, 0.25) is 0 Å². The molecule has 1 rings (SSSR count). The molecule has 0 radical (unpaired) electrons. The smallest absolute Gasteiger partial charge is 0.127 e. The summed E-state index contributed by atoms with van der Waals surface area (Å²) >= 11 is 0. The number of nitrogens with one attached hydrogen (secondary N) is 2.